The van der Waals surface area contributed by atoms with Crippen molar-refractivity contribution in [3.8, 4) is 0 Å². The summed E-state index contributed by atoms with van der Waals surface area (Å²) in [6.45, 7) is 1.72. The van der Waals surface area contributed by atoms with Crippen molar-refractivity contribution in [1.29, 1.82) is 4.78 Å². The van der Waals surface area contributed by atoms with Crippen molar-refractivity contribution in [3.63, 3.8) is 0 Å². The number of hydrogen-bond donors (Lipinski definition) is 1. The van der Waals surface area contributed by atoms with Crippen molar-refractivity contribution < 1.29 is 12.6 Å². The minimum absolute atomic E-state index is 0.105. The number of sulfone groups is 1. The molecule has 0 aromatic rings. The monoisotopic (exact) mass is 225 g/mol. The summed E-state index contributed by atoms with van der Waals surface area (Å²) in [5.74, 6) is 0.540. The highest BCUT2D eigenvalue weighted by Gasteiger charge is 2.29. The zero-order chi connectivity index (χ0) is 10.1. The molecular formula is C7H15NO3S2. The van der Waals surface area contributed by atoms with Gasteiger partial charge in [0.25, 0.3) is 0 Å². The average Bonchev–Trinajstić information content (AvgIpc) is 2.04. The molecule has 1 rings (SSSR count). The molecule has 78 valence electrons. The molecule has 0 amide bonds. The van der Waals surface area contributed by atoms with E-state index in [2.05, 4.69) is 0 Å². The van der Waals surface area contributed by atoms with E-state index in [1.807, 2.05) is 0 Å². The Bertz CT molecular complexity index is 355. The van der Waals surface area contributed by atoms with Gasteiger partial charge in [-0.2, -0.15) is 0 Å². The Morgan fingerprint density at radius 1 is 1.38 bits per heavy atom. The second kappa shape index (κ2) is 3.57. The van der Waals surface area contributed by atoms with Gasteiger partial charge in [-0.05, 0) is 12.8 Å². The van der Waals surface area contributed by atoms with E-state index in [0.717, 1.165) is 0 Å². The Morgan fingerprint density at radius 3 is 2.23 bits per heavy atom. The van der Waals surface area contributed by atoms with E-state index in [-0.39, 0.29) is 16.8 Å². The second-order valence-electron chi connectivity index (χ2n) is 3.37. The second-order valence-corrected chi connectivity index (χ2v) is 8.37. The third kappa shape index (κ3) is 2.67. The quantitative estimate of drug-likeness (QED) is 0.749. The van der Waals surface area contributed by atoms with Gasteiger partial charge in [-0.25, -0.2) is 12.6 Å². The predicted octanol–water partition coefficient (Wildman–Crippen LogP) is 0.630. The van der Waals surface area contributed by atoms with Crippen LogP contribution in [0.3, 0.4) is 0 Å². The Morgan fingerprint density at radius 2 is 1.85 bits per heavy atom. The van der Waals surface area contributed by atoms with E-state index in [1.54, 1.807) is 6.92 Å². The molecule has 6 heteroatoms. The number of nitrogens with one attached hydrogen (secondary N) is 1. The highest BCUT2D eigenvalue weighted by molar-refractivity contribution is 7.94. The molecule has 0 bridgehead atoms. The fourth-order valence-corrected chi connectivity index (χ4v) is 4.74. The van der Waals surface area contributed by atoms with Gasteiger partial charge in [-0.15, -0.1) is 0 Å². The lowest BCUT2D eigenvalue weighted by Crippen LogP contribution is -2.32. The average molecular weight is 225 g/mol. The molecule has 1 heterocycles. The molecule has 4 nitrogen and oxygen atoms in total. The maximum atomic E-state index is 11.6. The van der Waals surface area contributed by atoms with Crippen LogP contribution in [0.1, 0.15) is 19.8 Å². The van der Waals surface area contributed by atoms with Gasteiger partial charge in [0.15, 0.2) is 0 Å². The Balaban J connectivity index is 2.71. The van der Waals surface area contributed by atoms with Crippen molar-refractivity contribution in [2.45, 2.75) is 25.0 Å². The summed E-state index contributed by atoms with van der Waals surface area (Å²) in [6, 6.07) is 0. The third-order valence-corrected chi connectivity index (χ3v) is 6.59. The molecule has 0 aromatic carbocycles. The molecular weight excluding hydrogens is 210 g/mol. The predicted molar refractivity (Wildman–Crippen MR) is 53.1 cm³/mol. The van der Waals surface area contributed by atoms with Gasteiger partial charge in [-0.3, -0.25) is 4.78 Å². The summed E-state index contributed by atoms with van der Waals surface area (Å²) in [4.78, 5) is 0. The molecule has 1 saturated heterocycles. The van der Waals surface area contributed by atoms with Crippen molar-refractivity contribution in [2.75, 3.05) is 17.3 Å². The van der Waals surface area contributed by atoms with E-state index >= 15 is 0 Å². The summed E-state index contributed by atoms with van der Waals surface area (Å²) in [6.07, 6.45) is 0.803. The zero-order valence-corrected chi connectivity index (χ0v) is 9.29. The van der Waals surface area contributed by atoms with Crippen LogP contribution in [0, 0.1) is 4.78 Å². The molecule has 0 aliphatic carbocycles. The van der Waals surface area contributed by atoms with Crippen LogP contribution in [0.2, 0.25) is 0 Å². The van der Waals surface area contributed by atoms with E-state index in [0.29, 0.717) is 18.6 Å². The maximum Gasteiger partial charge on any atom is 0.150 e. The zero-order valence-electron chi connectivity index (χ0n) is 7.65. The van der Waals surface area contributed by atoms with Crippen LogP contribution >= 0.6 is 0 Å². The van der Waals surface area contributed by atoms with Crippen LogP contribution in [-0.2, 0) is 19.6 Å². The molecule has 1 N–H and O–H groups in total. The van der Waals surface area contributed by atoms with Crippen molar-refractivity contribution in [3.05, 3.63) is 0 Å². The van der Waals surface area contributed by atoms with Gasteiger partial charge >= 0.3 is 0 Å². The van der Waals surface area contributed by atoms with Gasteiger partial charge in [0.1, 0.15) is 9.84 Å². The minimum Gasteiger partial charge on any atom is -0.253 e. The van der Waals surface area contributed by atoms with E-state index in [9.17, 15) is 12.6 Å². The van der Waals surface area contributed by atoms with Gasteiger partial charge in [0, 0.05) is 20.7 Å². The smallest absolute Gasteiger partial charge is 0.150 e. The SMILES string of the molecule is CCS(=N)(=O)C1CCS(=O)(=O)CC1. The van der Waals surface area contributed by atoms with E-state index < -0.39 is 19.6 Å². The van der Waals surface area contributed by atoms with Gasteiger partial charge < -0.3 is 0 Å². The van der Waals surface area contributed by atoms with Crippen LogP contribution in [0.4, 0.5) is 0 Å². The Labute approximate surface area is 79.6 Å². The fraction of sp³-hybridized carbons (Fsp3) is 1.00. The van der Waals surface area contributed by atoms with Gasteiger partial charge in [0.2, 0.25) is 0 Å². The Hall–Kier alpha value is -0.100. The molecule has 0 saturated carbocycles. The molecule has 0 aromatic heterocycles. The van der Waals surface area contributed by atoms with E-state index in [4.69, 9.17) is 4.78 Å². The third-order valence-electron chi connectivity index (χ3n) is 2.47. The Kier molecular flexibility index (Phi) is 3.01. The molecule has 1 atom stereocenters. The molecule has 1 unspecified atom stereocenters. The summed E-state index contributed by atoms with van der Waals surface area (Å²) in [7, 11) is -5.43. The summed E-state index contributed by atoms with van der Waals surface area (Å²) in [5, 5.41) is -0.207. The highest BCUT2D eigenvalue weighted by Crippen LogP contribution is 2.20. The van der Waals surface area contributed by atoms with Gasteiger partial charge in [0.05, 0.1) is 11.5 Å². The first-order valence-corrected chi connectivity index (χ1v) is 7.94. The van der Waals surface area contributed by atoms with E-state index in [1.165, 1.54) is 0 Å². The summed E-state index contributed by atoms with van der Waals surface area (Å²) < 4.78 is 41.2. The first-order chi connectivity index (χ1) is 5.87. The van der Waals surface area contributed by atoms with Crippen LogP contribution in [-0.4, -0.2) is 35.1 Å². The standard InChI is InChI=1S/C7H15NO3S2/c1-2-13(8,11)7-3-5-12(9,10)6-4-7/h7-8H,2-6H2,1H3. The summed E-state index contributed by atoms with van der Waals surface area (Å²) in [5.41, 5.74) is 0. The fourth-order valence-electron chi connectivity index (χ4n) is 1.48. The number of rotatable bonds is 2. The molecule has 0 radical (unpaired) electrons. The minimum atomic E-state index is -2.89. The first kappa shape index (κ1) is 11.0. The lowest BCUT2D eigenvalue weighted by molar-refractivity contribution is 0.572. The molecule has 1 fully saturated rings. The topological polar surface area (TPSA) is 75.1 Å². The largest absolute Gasteiger partial charge is 0.253 e. The lowest BCUT2D eigenvalue weighted by atomic mass is 10.2. The highest BCUT2D eigenvalue weighted by atomic mass is 32.2. The molecule has 0 spiro atoms. The number of hydrogen-bond acceptors (Lipinski definition) is 4. The van der Waals surface area contributed by atoms with Crippen LogP contribution in [0.25, 0.3) is 0 Å². The lowest BCUT2D eigenvalue weighted by Gasteiger charge is -2.23. The van der Waals surface area contributed by atoms with Crippen molar-refractivity contribution >= 4 is 19.6 Å². The van der Waals surface area contributed by atoms with Crippen molar-refractivity contribution in [2.24, 2.45) is 0 Å². The van der Waals surface area contributed by atoms with Gasteiger partial charge in [-0.1, -0.05) is 6.92 Å². The maximum absolute atomic E-state index is 11.6. The molecule has 1 aliphatic heterocycles. The van der Waals surface area contributed by atoms with Crippen LogP contribution < -0.4 is 0 Å². The van der Waals surface area contributed by atoms with Crippen LogP contribution in [0.5, 0.6) is 0 Å². The summed E-state index contributed by atoms with van der Waals surface area (Å²) >= 11 is 0. The first-order valence-electron chi connectivity index (χ1n) is 4.33. The normalized spacial score (nSPS) is 28.1. The van der Waals surface area contributed by atoms with Crippen molar-refractivity contribution in [1.82, 2.24) is 0 Å². The molecule has 13 heavy (non-hydrogen) atoms. The molecule has 1 aliphatic rings. The van der Waals surface area contributed by atoms with Crippen LogP contribution in [0.15, 0.2) is 0 Å².